The molecule has 1 aliphatic carbocycles. The molecule has 7 nitrogen and oxygen atoms in total. The number of terminal acetylenes is 1. The molecule has 7 heteroatoms. The summed E-state index contributed by atoms with van der Waals surface area (Å²) in [5.41, 5.74) is 1.37. The van der Waals surface area contributed by atoms with Gasteiger partial charge in [-0.05, 0) is 12.8 Å². The van der Waals surface area contributed by atoms with E-state index in [0.29, 0.717) is 17.6 Å². The molecular weight excluding hydrogens is 268 g/mol. The van der Waals surface area contributed by atoms with Crippen molar-refractivity contribution >= 4 is 17.5 Å². The molecule has 0 saturated heterocycles. The standard InChI is InChI=1S/C14H14N6O/c1-2-5-15-14(21)11-7-12(17-8-16-11)18-13-6-10(19-20-13)9-3-4-9/h1,6-9H,3-5H2,(H,15,21)(H2,16,17,18,19,20). The summed E-state index contributed by atoms with van der Waals surface area (Å²) in [6.07, 6.45) is 8.82. The van der Waals surface area contributed by atoms with Crippen molar-refractivity contribution in [3.63, 3.8) is 0 Å². The quantitative estimate of drug-likeness (QED) is 0.716. The van der Waals surface area contributed by atoms with Crippen molar-refractivity contribution in [1.82, 2.24) is 25.5 Å². The van der Waals surface area contributed by atoms with Gasteiger partial charge in [-0.1, -0.05) is 5.92 Å². The van der Waals surface area contributed by atoms with E-state index in [1.165, 1.54) is 19.2 Å². The van der Waals surface area contributed by atoms with Crippen LogP contribution in [0.3, 0.4) is 0 Å². The van der Waals surface area contributed by atoms with Crippen molar-refractivity contribution in [2.75, 3.05) is 11.9 Å². The van der Waals surface area contributed by atoms with Gasteiger partial charge in [0, 0.05) is 23.7 Å². The Morgan fingerprint density at radius 1 is 1.38 bits per heavy atom. The van der Waals surface area contributed by atoms with Crippen LogP contribution in [0.15, 0.2) is 18.5 Å². The van der Waals surface area contributed by atoms with Crippen molar-refractivity contribution in [3.05, 3.63) is 29.8 Å². The summed E-state index contributed by atoms with van der Waals surface area (Å²) in [6, 6.07) is 3.51. The number of anilines is 2. The van der Waals surface area contributed by atoms with Gasteiger partial charge in [-0.25, -0.2) is 9.97 Å². The fraction of sp³-hybridized carbons (Fsp3) is 0.286. The van der Waals surface area contributed by atoms with E-state index in [9.17, 15) is 4.79 Å². The number of aromatic nitrogens is 4. The fourth-order valence-corrected chi connectivity index (χ4v) is 1.91. The minimum atomic E-state index is -0.334. The van der Waals surface area contributed by atoms with Crippen LogP contribution in [0.2, 0.25) is 0 Å². The summed E-state index contributed by atoms with van der Waals surface area (Å²) in [6.45, 7) is 0.162. The molecule has 0 bridgehead atoms. The maximum Gasteiger partial charge on any atom is 0.270 e. The third-order valence-corrected chi connectivity index (χ3v) is 3.12. The molecule has 1 saturated carbocycles. The van der Waals surface area contributed by atoms with Gasteiger partial charge < -0.3 is 10.6 Å². The third-order valence-electron chi connectivity index (χ3n) is 3.12. The molecule has 0 aliphatic heterocycles. The van der Waals surface area contributed by atoms with E-state index < -0.39 is 0 Å². The lowest BCUT2D eigenvalue weighted by Crippen LogP contribution is -2.24. The van der Waals surface area contributed by atoms with Crippen LogP contribution in [-0.4, -0.2) is 32.6 Å². The van der Waals surface area contributed by atoms with E-state index in [1.807, 2.05) is 6.07 Å². The lowest BCUT2D eigenvalue weighted by molar-refractivity contribution is 0.0953. The summed E-state index contributed by atoms with van der Waals surface area (Å²) in [4.78, 5) is 19.8. The Hall–Kier alpha value is -2.88. The lowest BCUT2D eigenvalue weighted by Gasteiger charge is -2.04. The van der Waals surface area contributed by atoms with Gasteiger partial charge in [0.15, 0.2) is 5.82 Å². The molecule has 0 atom stereocenters. The first-order chi connectivity index (χ1) is 10.3. The van der Waals surface area contributed by atoms with Crippen LogP contribution in [0.1, 0.15) is 34.9 Å². The molecule has 1 aliphatic rings. The number of nitrogens with zero attached hydrogens (tertiary/aromatic N) is 3. The zero-order valence-electron chi connectivity index (χ0n) is 11.3. The van der Waals surface area contributed by atoms with Crippen molar-refractivity contribution in [2.24, 2.45) is 0 Å². The summed E-state index contributed by atoms with van der Waals surface area (Å²) < 4.78 is 0. The molecule has 0 unspecified atom stereocenters. The molecule has 106 valence electrons. The molecule has 2 heterocycles. The molecule has 21 heavy (non-hydrogen) atoms. The van der Waals surface area contributed by atoms with E-state index in [1.54, 1.807) is 6.07 Å². The first-order valence-electron chi connectivity index (χ1n) is 6.62. The number of aromatic amines is 1. The summed E-state index contributed by atoms with van der Waals surface area (Å²) in [5.74, 6) is 3.78. The number of hydrogen-bond donors (Lipinski definition) is 3. The maximum atomic E-state index is 11.8. The molecule has 0 spiro atoms. The van der Waals surface area contributed by atoms with E-state index in [0.717, 1.165) is 5.69 Å². The summed E-state index contributed by atoms with van der Waals surface area (Å²) in [7, 11) is 0. The number of amides is 1. The monoisotopic (exact) mass is 282 g/mol. The maximum absolute atomic E-state index is 11.8. The summed E-state index contributed by atoms with van der Waals surface area (Å²) >= 11 is 0. The van der Waals surface area contributed by atoms with Crippen molar-refractivity contribution in [2.45, 2.75) is 18.8 Å². The molecule has 3 rings (SSSR count). The highest BCUT2D eigenvalue weighted by molar-refractivity contribution is 5.93. The van der Waals surface area contributed by atoms with Gasteiger partial charge in [-0.3, -0.25) is 9.89 Å². The smallest absolute Gasteiger partial charge is 0.270 e. The molecule has 1 amide bonds. The Kier molecular flexibility index (Phi) is 3.51. The molecule has 1 fully saturated rings. The van der Waals surface area contributed by atoms with Gasteiger partial charge in [0.2, 0.25) is 0 Å². The molecule has 2 aromatic rings. The first-order valence-corrected chi connectivity index (χ1v) is 6.62. The minimum absolute atomic E-state index is 0.162. The molecule has 0 radical (unpaired) electrons. The first kappa shape index (κ1) is 13.1. The number of rotatable bonds is 5. The van der Waals surface area contributed by atoms with Crippen LogP contribution in [0.25, 0.3) is 0 Å². The second-order valence-electron chi connectivity index (χ2n) is 4.78. The zero-order chi connectivity index (χ0) is 14.7. The molecule has 0 aromatic carbocycles. The fourth-order valence-electron chi connectivity index (χ4n) is 1.91. The van der Waals surface area contributed by atoms with E-state index in [4.69, 9.17) is 6.42 Å². The van der Waals surface area contributed by atoms with Gasteiger partial charge in [0.1, 0.15) is 17.8 Å². The second-order valence-corrected chi connectivity index (χ2v) is 4.78. The van der Waals surface area contributed by atoms with Crippen LogP contribution in [0.4, 0.5) is 11.6 Å². The van der Waals surface area contributed by atoms with Gasteiger partial charge in [-0.2, -0.15) is 5.10 Å². The second kappa shape index (κ2) is 5.63. The minimum Gasteiger partial charge on any atom is -0.340 e. The van der Waals surface area contributed by atoms with Gasteiger partial charge in [0.25, 0.3) is 5.91 Å². The largest absolute Gasteiger partial charge is 0.340 e. The number of hydrogen-bond acceptors (Lipinski definition) is 5. The van der Waals surface area contributed by atoms with Gasteiger partial charge in [0.05, 0.1) is 6.54 Å². The molecule has 3 N–H and O–H groups in total. The normalized spacial score (nSPS) is 13.5. The average molecular weight is 282 g/mol. The highest BCUT2D eigenvalue weighted by Gasteiger charge is 2.25. The van der Waals surface area contributed by atoms with Gasteiger partial charge in [-0.15, -0.1) is 6.42 Å². The van der Waals surface area contributed by atoms with Crippen LogP contribution in [0, 0.1) is 12.3 Å². The van der Waals surface area contributed by atoms with Crippen LogP contribution < -0.4 is 10.6 Å². The predicted molar refractivity (Wildman–Crippen MR) is 77.0 cm³/mol. The molecular formula is C14H14N6O. The van der Waals surface area contributed by atoms with Crippen LogP contribution in [-0.2, 0) is 0 Å². The SMILES string of the molecule is C#CCNC(=O)c1cc(Nc2cc(C3CC3)[nH]n2)ncn1. The topological polar surface area (TPSA) is 95.6 Å². The Labute approximate surface area is 121 Å². The number of H-pyrrole nitrogens is 1. The van der Waals surface area contributed by atoms with Crippen molar-refractivity contribution in [1.29, 1.82) is 0 Å². The van der Waals surface area contributed by atoms with Gasteiger partial charge >= 0.3 is 0 Å². The highest BCUT2D eigenvalue weighted by Crippen LogP contribution is 2.39. The third kappa shape index (κ3) is 3.17. The zero-order valence-corrected chi connectivity index (χ0v) is 11.3. The summed E-state index contributed by atoms with van der Waals surface area (Å²) in [5, 5.41) is 12.8. The van der Waals surface area contributed by atoms with Crippen molar-refractivity contribution in [3.8, 4) is 12.3 Å². The van der Waals surface area contributed by atoms with E-state index in [-0.39, 0.29) is 18.1 Å². The molecule has 2 aromatic heterocycles. The van der Waals surface area contributed by atoms with Crippen molar-refractivity contribution < 1.29 is 4.79 Å². The Bertz CT molecular complexity index is 697. The number of nitrogens with one attached hydrogen (secondary N) is 3. The lowest BCUT2D eigenvalue weighted by atomic mass is 10.3. The number of carbonyl (C=O) groups excluding carboxylic acids is 1. The average Bonchev–Trinajstić information content (AvgIpc) is 3.25. The predicted octanol–water partition coefficient (Wildman–Crippen LogP) is 1.18. The van der Waals surface area contributed by atoms with E-state index in [2.05, 4.69) is 36.7 Å². The van der Waals surface area contributed by atoms with E-state index >= 15 is 0 Å². The van der Waals surface area contributed by atoms with Crippen LogP contribution >= 0.6 is 0 Å². The Morgan fingerprint density at radius 3 is 3.00 bits per heavy atom. The highest BCUT2D eigenvalue weighted by atomic mass is 16.1. The Morgan fingerprint density at radius 2 is 2.24 bits per heavy atom. The number of carbonyl (C=O) groups is 1. The van der Waals surface area contributed by atoms with Crippen LogP contribution in [0.5, 0.6) is 0 Å². The Balaban J connectivity index is 1.70.